The Labute approximate surface area is 122 Å². The van der Waals surface area contributed by atoms with Gasteiger partial charge in [-0.1, -0.05) is 48.5 Å². The Kier molecular flexibility index (Phi) is 5.11. The molecule has 20 heavy (non-hydrogen) atoms. The van der Waals surface area contributed by atoms with E-state index in [2.05, 4.69) is 80.5 Å². The van der Waals surface area contributed by atoms with Crippen LogP contribution in [0.4, 0.5) is 0 Å². The summed E-state index contributed by atoms with van der Waals surface area (Å²) in [5, 5.41) is 0. The zero-order valence-corrected chi connectivity index (χ0v) is 12.6. The molecular formula is C19H23N. The molecule has 104 valence electrons. The molecule has 0 aliphatic heterocycles. The molecule has 0 saturated heterocycles. The molecule has 0 spiro atoms. The van der Waals surface area contributed by atoms with Crippen LogP contribution in [0.5, 0.6) is 0 Å². The number of hydrogen-bond donors (Lipinski definition) is 0. The molecule has 2 rings (SSSR count). The van der Waals surface area contributed by atoms with Crippen molar-refractivity contribution in [3.05, 3.63) is 70.8 Å². The van der Waals surface area contributed by atoms with Gasteiger partial charge in [0.25, 0.3) is 0 Å². The molecule has 0 bridgehead atoms. The predicted octanol–water partition coefficient (Wildman–Crippen LogP) is 4.55. The van der Waals surface area contributed by atoms with Crippen LogP contribution in [0.2, 0.25) is 0 Å². The summed E-state index contributed by atoms with van der Waals surface area (Å²) in [7, 11) is 0. The normalized spacial score (nSPS) is 12.8. The summed E-state index contributed by atoms with van der Waals surface area (Å²) in [6.07, 6.45) is 3.99. The van der Waals surface area contributed by atoms with E-state index in [0.29, 0.717) is 6.04 Å². The summed E-state index contributed by atoms with van der Waals surface area (Å²) in [6, 6.07) is 17.4. The maximum absolute atomic E-state index is 4.67. The molecular weight excluding hydrogens is 242 g/mol. The third kappa shape index (κ3) is 4.06. The number of aliphatic imine (C=N–C) groups is 1. The quantitative estimate of drug-likeness (QED) is 0.703. The Balaban J connectivity index is 1.92. The van der Waals surface area contributed by atoms with E-state index < -0.39 is 0 Å². The second-order valence-electron chi connectivity index (χ2n) is 5.44. The monoisotopic (exact) mass is 265 g/mol. The molecule has 0 fully saturated rings. The van der Waals surface area contributed by atoms with Crippen LogP contribution < -0.4 is 0 Å². The molecule has 1 atom stereocenters. The molecule has 2 aromatic rings. The molecule has 0 amide bonds. The van der Waals surface area contributed by atoms with Gasteiger partial charge in [0.2, 0.25) is 0 Å². The van der Waals surface area contributed by atoms with E-state index in [1.807, 2.05) is 0 Å². The number of nitrogens with zero attached hydrogens (tertiary/aromatic N) is 1. The zero-order chi connectivity index (χ0) is 14.4. The first kappa shape index (κ1) is 14.5. The number of rotatable bonds is 5. The van der Waals surface area contributed by atoms with E-state index in [1.54, 1.807) is 0 Å². The predicted molar refractivity (Wildman–Crippen MR) is 87.7 cm³/mol. The molecule has 0 aliphatic rings. The largest absolute Gasteiger partial charge is 0.294 e. The molecule has 0 saturated carbocycles. The zero-order valence-electron chi connectivity index (χ0n) is 12.6. The molecule has 0 aliphatic carbocycles. The molecule has 1 heteroatoms. The van der Waals surface area contributed by atoms with Gasteiger partial charge in [-0.2, -0.15) is 0 Å². The lowest BCUT2D eigenvalue weighted by Gasteiger charge is -2.09. The topological polar surface area (TPSA) is 12.4 Å². The van der Waals surface area contributed by atoms with Crippen LogP contribution in [0.1, 0.15) is 29.2 Å². The molecule has 2 aromatic carbocycles. The van der Waals surface area contributed by atoms with E-state index in [9.17, 15) is 0 Å². The fraction of sp³-hybridized carbons (Fsp3) is 0.316. The average molecular weight is 265 g/mol. The van der Waals surface area contributed by atoms with Gasteiger partial charge >= 0.3 is 0 Å². The van der Waals surface area contributed by atoms with Crippen molar-refractivity contribution in [1.82, 2.24) is 0 Å². The van der Waals surface area contributed by atoms with E-state index in [-0.39, 0.29) is 0 Å². The van der Waals surface area contributed by atoms with Crippen LogP contribution in [0, 0.1) is 13.8 Å². The first-order valence-electron chi connectivity index (χ1n) is 7.27. The molecule has 0 radical (unpaired) electrons. The SMILES string of the molecule is Cc1ccccc1CC=N[C@H](C)Cc1ccccc1C. The van der Waals surface area contributed by atoms with Crippen molar-refractivity contribution in [2.75, 3.05) is 0 Å². The van der Waals surface area contributed by atoms with Gasteiger partial charge < -0.3 is 0 Å². The van der Waals surface area contributed by atoms with Crippen LogP contribution in [0.25, 0.3) is 0 Å². The molecule has 0 heterocycles. The minimum atomic E-state index is 0.333. The first-order chi connectivity index (χ1) is 9.66. The van der Waals surface area contributed by atoms with Crippen molar-refractivity contribution in [3.8, 4) is 0 Å². The summed E-state index contributed by atoms with van der Waals surface area (Å²) in [6.45, 7) is 6.50. The first-order valence-corrected chi connectivity index (χ1v) is 7.27. The third-order valence-corrected chi connectivity index (χ3v) is 3.71. The van der Waals surface area contributed by atoms with E-state index >= 15 is 0 Å². The minimum absolute atomic E-state index is 0.333. The van der Waals surface area contributed by atoms with E-state index in [1.165, 1.54) is 22.3 Å². The molecule has 0 unspecified atom stereocenters. The van der Waals surface area contributed by atoms with E-state index in [4.69, 9.17) is 0 Å². The highest BCUT2D eigenvalue weighted by atomic mass is 14.7. The Morgan fingerprint density at radius 1 is 0.900 bits per heavy atom. The fourth-order valence-electron chi connectivity index (χ4n) is 2.38. The van der Waals surface area contributed by atoms with Gasteiger partial charge in [-0.15, -0.1) is 0 Å². The van der Waals surface area contributed by atoms with Crippen LogP contribution >= 0.6 is 0 Å². The highest BCUT2D eigenvalue weighted by Crippen LogP contribution is 2.11. The summed E-state index contributed by atoms with van der Waals surface area (Å²) in [4.78, 5) is 4.67. The van der Waals surface area contributed by atoms with Gasteiger partial charge in [0.05, 0.1) is 6.04 Å². The Morgan fingerprint density at radius 2 is 1.45 bits per heavy atom. The van der Waals surface area contributed by atoms with Gasteiger partial charge in [-0.25, -0.2) is 0 Å². The summed E-state index contributed by atoms with van der Waals surface area (Å²) >= 11 is 0. The van der Waals surface area contributed by atoms with Crippen LogP contribution in [-0.4, -0.2) is 12.3 Å². The highest BCUT2D eigenvalue weighted by molar-refractivity contribution is 5.62. The van der Waals surface area contributed by atoms with Crippen LogP contribution in [0.3, 0.4) is 0 Å². The second kappa shape index (κ2) is 7.04. The summed E-state index contributed by atoms with van der Waals surface area (Å²) in [5.74, 6) is 0. The second-order valence-corrected chi connectivity index (χ2v) is 5.44. The van der Waals surface area contributed by atoms with Gasteiger partial charge in [-0.3, -0.25) is 4.99 Å². The van der Waals surface area contributed by atoms with Crippen molar-refractivity contribution in [3.63, 3.8) is 0 Å². The minimum Gasteiger partial charge on any atom is -0.294 e. The summed E-state index contributed by atoms with van der Waals surface area (Å²) < 4.78 is 0. The van der Waals surface area contributed by atoms with Gasteiger partial charge in [0, 0.05) is 12.6 Å². The van der Waals surface area contributed by atoms with Crippen LogP contribution in [0.15, 0.2) is 53.5 Å². The van der Waals surface area contributed by atoms with Crippen molar-refractivity contribution in [1.29, 1.82) is 0 Å². The number of aryl methyl sites for hydroxylation is 2. The Bertz CT molecular complexity index is 584. The van der Waals surface area contributed by atoms with Gasteiger partial charge in [0.1, 0.15) is 0 Å². The third-order valence-electron chi connectivity index (χ3n) is 3.71. The lowest BCUT2D eigenvalue weighted by atomic mass is 10.0. The molecule has 0 aromatic heterocycles. The highest BCUT2D eigenvalue weighted by Gasteiger charge is 2.03. The standard InChI is InChI=1S/C19H23N/c1-15-8-4-6-10-18(15)12-13-20-17(3)14-19-11-7-5-9-16(19)2/h4-11,13,17H,12,14H2,1-3H3/t17-/m1/s1. The maximum Gasteiger partial charge on any atom is 0.0508 e. The average Bonchev–Trinajstić information content (AvgIpc) is 2.43. The lowest BCUT2D eigenvalue weighted by molar-refractivity contribution is 0.738. The number of benzene rings is 2. The Hall–Kier alpha value is -1.89. The van der Waals surface area contributed by atoms with Crippen LogP contribution in [-0.2, 0) is 12.8 Å². The van der Waals surface area contributed by atoms with Gasteiger partial charge in [-0.05, 0) is 49.4 Å². The van der Waals surface area contributed by atoms with Crippen molar-refractivity contribution in [2.45, 2.75) is 39.7 Å². The lowest BCUT2D eigenvalue weighted by Crippen LogP contribution is -2.05. The number of hydrogen-bond acceptors (Lipinski definition) is 1. The molecule has 0 N–H and O–H groups in total. The smallest absolute Gasteiger partial charge is 0.0508 e. The van der Waals surface area contributed by atoms with Gasteiger partial charge in [0.15, 0.2) is 0 Å². The van der Waals surface area contributed by atoms with Crippen molar-refractivity contribution < 1.29 is 0 Å². The van der Waals surface area contributed by atoms with Crippen molar-refractivity contribution >= 4 is 6.21 Å². The maximum atomic E-state index is 4.67. The van der Waals surface area contributed by atoms with Crippen molar-refractivity contribution in [2.24, 2.45) is 4.99 Å². The fourth-order valence-corrected chi connectivity index (χ4v) is 2.38. The van der Waals surface area contributed by atoms with E-state index in [0.717, 1.165) is 12.8 Å². The molecule has 1 nitrogen and oxygen atoms in total. The summed E-state index contributed by atoms with van der Waals surface area (Å²) in [5.41, 5.74) is 5.45. The Morgan fingerprint density at radius 3 is 2.05 bits per heavy atom.